The van der Waals surface area contributed by atoms with E-state index in [0.29, 0.717) is 30.2 Å². The van der Waals surface area contributed by atoms with Gasteiger partial charge in [0.1, 0.15) is 0 Å². The van der Waals surface area contributed by atoms with Crippen molar-refractivity contribution in [3.05, 3.63) is 35.4 Å². The fourth-order valence-electron chi connectivity index (χ4n) is 2.84. The molecule has 1 N–H and O–H groups in total. The maximum Gasteiger partial charge on any atom is 0.335 e. The van der Waals surface area contributed by atoms with E-state index in [1.54, 1.807) is 18.2 Å². The van der Waals surface area contributed by atoms with Crippen molar-refractivity contribution in [2.45, 2.75) is 33.1 Å². The van der Waals surface area contributed by atoms with E-state index in [0.717, 1.165) is 25.1 Å². The molecule has 0 spiro atoms. The number of benzene rings is 1. The number of nitrogens with zero attached hydrogens (tertiary/aromatic N) is 1. The second-order valence-electron chi connectivity index (χ2n) is 6.05. The van der Waals surface area contributed by atoms with Gasteiger partial charge in [-0.2, -0.15) is 0 Å². The summed E-state index contributed by atoms with van der Waals surface area (Å²) in [5.74, 6) is 0.406. The van der Waals surface area contributed by atoms with Gasteiger partial charge in [-0.05, 0) is 36.3 Å². The molecule has 2 rings (SSSR count). The van der Waals surface area contributed by atoms with Gasteiger partial charge < -0.3 is 10.0 Å². The zero-order valence-electron chi connectivity index (χ0n) is 12.7. The Kier molecular flexibility index (Phi) is 4.99. The highest BCUT2D eigenvalue weighted by molar-refractivity contribution is 5.89. The Morgan fingerprint density at radius 1 is 1.24 bits per heavy atom. The van der Waals surface area contributed by atoms with Crippen LogP contribution in [0.15, 0.2) is 24.3 Å². The molecule has 1 aromatic carbocycles. The third kappa shape index (κ3) is 3.84. The Morgan fingerprint density at radius 3 is 2.62 bits per heavy atom. The molecule has 2 unspecified atom stereocenters. The predicted octanol–water partition coefficient (Wildman–Crippen LogP) is 2.82. The third-order valence-electron chi connectivity index (χ3n) is 4.54. The number of hydrogen-bond donors (Lipinski definition) is 1. The maximum atomic E-state index is 12.3. The fraction of sp³-hybridized carbons (Fsp3) is 0.529. The van der Waals surface area contributed by atoms with Crippen molar-refractivity contribution in [2.24, 2.45) is 11.8 Å². The largest absolute Gasteiger partial charge is 0.478 e. The van der Waals surface area contributed by atoms with Crippen molar-refractivity contribution in [1.82, 2.24) is 4.90 Å². The molecule has 0 saturated carbocycles. The van der Waals surface area contributed by atoms with E-state index >= 15 is 0 Å². The van der Waals surface area contributed by atoms with Crippen LogP contribution < -0.4 is 0 Å². The van der Waals surface area contributed by atoms with Gasteiger partial charge in [0.2, 0.25) is 5.91 Å². The molecule has 1 saturated heterocycles. The van der Waals surface area contributed by atoms with Crippen molar-refractivity contribution in [3.8, 4) is 0 Å². The number of likely N-dealkylation sites (tertiary alicyclic amines) is 1. The first-order chi connectivity index (χ1) is 9.99. The van der Waals surface area contributed by atoms with E-state index in [1.165, 1.54) is 0 Å². The Bertz CT molecular complexity index is 527. The summed E-state index contributed by atoms with van der Waals surface area (Å²) in [5, 5.41) is 9.15. The minimum atomic E-state index is -0.932. The minimum absolute atomic E-state index is 0.133. The number of carboxylic acid groups (broad SMARTS) is 1. The number of hydrogen-bond acceptors (Lipinski definition) is 2. The van der Waals surface area contributed by atoms with Gasteiger partial charge in [-0.3, -0.25) is 4.79 Å². The van der Waals surface area contributed by atoms with Gasteiger partial charge in [0.05, 0.1) is 5.56 Å². The highest BCUT2D eigenvalue weighted by atomic mass is 16.4. The molecular weight excluding hydrogens is 266 g/mol. The summed E-state index contributed by atoms with van der Waals surface area (Å²) in [6.07, 6.45) is 1.92. The molecule has 1 heterocycles. The van der Waals surface area contributed by atoms with E-state index in [1.807, 2.05) is 11.0 Å². The van der Waals surface area contributed by atoms with Crippen molar-refractivity contribution in [2.75, 3.05) is 13.1 Å². The van der Waals surface area contributed by atoms with E-state index in [2.05, 4.69) is 13.8 Å². The number of aromatic carboxylic acids is 1. The summed E-state index contributed by atoms with van der Waals surface area (Å²) in [6.45, 7) is 6.06. The summed E-state index contributed by atoms with van der Waals surface area (Å²) >= 11 is 0. The molecule has 0 aliphatic carbocycles. The normalized spacial score (nSPS) is 22.1. The highest BCUT2D eigenvalue weighted by Crippen LogP contribution is 2.23. The first kappa shape index (κ1) is 15.5. The molecule has 4 nitrogen and oxygen atoms in total. The van der Waals surface area contributed by atoms with Gasteiger partial charge in [-0.1, -0.05) is 32.0 Å². The smallest absolute Gasteiger partial charge is 0.335 e. The number of amides is 1. The lowest BCUT2D eigenvalue weighted by Crippen LogP contribution is -2.42. The number of aryl methyl sites for hydroxylation is 1. The molecule has 21 heavy (non-hydrogen) atoms. The molecule has 0 aromatic heterocycles. The predicted molar refractivity (Wildman–Crippen MR) is 81.2 cm³/mol. The van der Waals surface area contributed by atoms with Crippen LogP contribution in [0.5, 0.6) is 0 Å². The molecule has 114 valence electrons. The second-order valence-corrected chi connectivity index (χ2v) is 6.05. The molecule has 0 radical (unpaired) electrons. The molecular formula is C17H23NO3. The van der Waals surface area contributed by atoms with Crippen LogP contribution in [-0.2, 0) is 11.2 Å². The van der Waals surface area contributed by atoms with Crippen molar-refractivity contribution >= 4 is 11.9 Å². The van der Waals surface area contributed by atoms with Gasteiger partial charge in [0.25, 0.3) is 0 Å². The topological polar surface area (TPSA) is 57.6 Å². The second kappa shape index (κ2) is 6.74. The van der Waals surface area contributed by atoms with Crippen LogP contribution in [0.1, 0.15) is 42.6 Å². The lowest BCUT2D eigenvalue weighted by Gasteiger charge is -2.35. The molecule has 1 aliphatic heterocycles. The molecule has 0 bridgehead atoms. The molecule has 2 atom stereocenters. The summed E-state index contributed by atoms with van der Waals surface area (Å²) in [4.78, 5) is 25.4. The monoisotopic (exact) mass is 289 g/mol. The van der Waals surface area contributed by atoms with Gasteiger partial charge in [0, 0.05) is 19.5 Å². The standard InChI is InChI=1S/C17H23NO3/c1-12-9-10-18(11-13(12)2)16(19)8-7-14-5-3-4-6-15(14)17(20)21/h3-6,12-13H,7-11H2,1-2H3,(H,20,21). The summed E-state index contributed by atoms with van der Waals surface area (Å²) < 4.78 is 0. The molecule has 1 amide bonds. The van der Waals surface area contributed by atoms with Crippen LogP contribution >= 0.6 is 0 Å². The zero-order chi connectivity index (χ0) is 15.4. The average Bonchev–Trinajstić information content (AvgIpc) is 2.47. The molecule has 1 fully saturated rings. The van der Waals surface area contributed by atoms with Crippen LogP contribution in [-0.4, -0.2) is 35.0 Å². The summed E-state index contributed by atoms with van der Waals surface area (Å²) in [6, 6.07) is 6.91. The number of carbonyl (C=O) groups is 2. The summed E-state index contributed by atoms with van der Waals surface area (Å²) in [5.41, 5.74) is 1.03. The van der Waals surface area contributed by atoms with Crippen molar-refractivity contribution in [1.29, 1.82) is 0 Å². The Morgan fingerprint density at radius 2 is 1.95 bits per heavy atom. The molecule has 1 aliphatic rings. The minimum Gasteiger partial charge on any atom is -0.478 e. The van der Waals surface area contributed by atoms with Gasteiger partial charge in [-0.15, -0.1) is 0 Å². The third-order valence-corrected chi connectivity index (χ3v) is 4.54. The fourth-order valence-corrected chi connectivity index (χ4v) is 2.84. The lowest BCUT2D eigenvalue weighted by molar-refractivity contribution is -0.133. The van der Waals surface area contributed by atoms with Crippen LogP contribution in [0, 0.1) is 11.8 Å². The lowest BCUT2D eigenvalue weighted by atomic mass is 9.88. The highest BCUT2D eigenvalue weighted by Gasteiger charge is 2.25. The first-order valence-electron chi connectivity index (χ1n) is 7.58. The van der Waals surface area contributed by atoms with Gasteiger partial charge >= 0.3 is 5.97 Å². The number of rotatable bonds is 4. The molecule has 1 aromatic rings. The summed E-state index contributed by atoms with van der Waals surface area (Å²) in [7, 11) is 0. The van der Waals surface area contributed by atoms with Crippen LogP contribution in [0.4, 0.5) is 0 Å². The quantitative estimate of drug-likeness (QED) is 0.927. The Labute approximate surface area is 125 Å². The van der Waals surface area contributed by atoms with Crippen LogP contribution in [0.2, 0.25) is 0 Å². The first-order valence-corrected chi connectivity index (χ1v) is 7.58. The number of carboxylic acids is 1. The van der Waals surface area contributed by atoms with E-state index in [4.69, 9.17) is 5.11 Å². The van der Waals surface area contributed by atoms with Crippen molar-refractivity contribution in [3.63, 3.8) is 0 Å². The van der Waals surface area contributed by atoms with E-state index < -0.39 is 5.97 Å². The average molecular weight is 289 g/mol. The van der Waals surface area contributed by atoms with Crippen LogP contribution in [0.25, 0.3) is 0 Å². The zero-order valence-corrected chi connectivity index (χ0v) is 12.7. The Hall–Kier alpha value is -1.84. The van der Waals surface area contributed by atoms with Gasteiger partial charge in [0.15, 0.2) is 0 Å². The number of carbonyl (C=O) groups excluding carboxylic acids is 1. The van der Waals surface area contributed by atoms with Crippen molar-refractivity contribution < 1.29 is 14.7 Å². The Balaban J connectivity index is 1.94. The van der Waals surface area contributed by atoms with Crippen LogP contribution in [0.3, 0.4) is 0 Å². The van der Waals surface area contributed by atoms with Gasteiger partial charge in [-0.25, -0.2) is 4.79 Å². The number of piperidine rings is 1. The van der Waals surface area contributed by atoms with E-state index in [9.17, 15) is 9.59 Å². The maximum absolute atomic E-state index is 12.3. The SMILES string of the molecule is CC1CCN(C(=O)CCc2ccccc2C(=O)O)CC1C. The van der Waals surface area contributed by atoms with E-state index in [-0.39, 0.29) is 5.91 Å². The molecule has 4 heteroatoms.